The van der Waals surface area contributed by atoms with Crippen molar-refractivity contribution in [3.8, 4) is 5.75 Å². The molecule has 0 saturated carbocycles. The lowest BCUT2D eigenvalue weighted by Crippen LogP contribution is -2.47. The molecule has 1 aromatic carbocycles. The Labute approximate surface area is 303 Å². The van der Waals surface area contributed by atoms with Crippen molar-refractivity contribution in [2.45, 2.75) is 38.6 Å². The Morgan fingerprint density at radius 3 is 2.58 bits per heavy atom. The predicted octanol–water partition coefficient (Wildman–Crippen LogP) is 3.02. The lowest BCUT2D eigenvalue weighted by Gasteiger charge is -2.36. The van der Waals surface area contributed by atoms with Crippen LogP contribution in [0.3, 0.4) is 0 Å². The smallest absolute Gasteiger partial charge is 0.294 e. The quantitative estimate of drug-likeness (QED) is 0.189. The Morgan fingerprint density at radius 1 is 1.08 bits per heavy atom. The number of amides is 3. The summed E-state index contributed by atoms with van der Waals surface area (Å²) in [5, 5.41) is 14.8. The third kappa shape index (κ3) is 6.56. The van der Waals surface area contributed by atoms with Crippen LogP contribution in [0.5, 0.6) is 5.75 Å². The van der Waals surface area contributed by atoms with Crippen LogP contribution < -0.4 is 36.0 Å². The molecule has 17 heteroatoms. The summed E-state index contributed by atoms with van der Waals surface area (Å²) in [6.07, 6.45) is 3.89. The number of anilines is 4. The van der Waals surface area contributed by atoms with Gasteiger partial charge in [-0.3, -0.25) is 33.7 Å². The van der Waals surface area contributed by atoms with Gasteiger partial charge >= 0.3 is 0 Å². The van der Waals surface area contributed by atoms with Gasteiger partial charge < -0.3 is 25.2 Å². The van der Waals surface area contributed by atoms with Gasteiger partial charge in [-0.1, -0.05) is 23.7 Å². The molecule has 0 spiro atoms. The summed E-state index contributed by atoms with van der Waals surface area (Å²) in [6, 6.07) is 9.19. The van der Waals surface area contributed by atoms with Crippen LogP contribution in [0.4, 0.5) is 23.1 Å². The molecule has 7 rings (SSSR count). The molecule has 0 aliphatic carbocycles. The lowest BCUT2D eigenvalue weighted by molar-refractivity contribution is -0.134. The van der Waals surface area contributed by atoms with Crippen LogP contribution >= 0.6 is 11.6 Å². The van der Waals surface area contributed by atoms with E-state index < -0.39 is 5.92 Å². The number of para-hydroxylation sites is 1. The van der Waals surface area contributed by atoms with Crippen LogP contribution in [0, 0.1) is 0 Å². The van der Waals surface area contributed by atoms with E-state index in [0.717, 1.165) is 16.6 Å². The number of hydrogen-bond donors (Lipinski definition) is 3. The molecule has 5 aromatic rings. The Morgan fingerprint density at radius 2 is 1.85 bits per heavy atom. The first-order valence-electron chi connectivity index (χ1n) is 17.0. The number of rotatable bonds is 9. The molecule has 2 fully saturated rings. The lowest BCUT2D eigenvalue weighted by atomic mass is 9.92. The minimum Gasteiger partial charge on any atom is -0.478 e. The summed E-state index contributed by atoms with van der Waals surface area (Å²) in [5.41, 5.74) is 3.30. The number of piperidine rings is 1. The largest absolute Gasteiger partial charge is 0.478 e. The number of aromatic nitrogens is 6. The number of hydrogen-bond acceptors (Lipinski definition) is 12. The highest BCUT2D eigenvalue weighted by molar-refractivity contribution is 6.33. The van der Waals surface area contributed by atoms with Crippen molar-refractivity contribution in [3.63, 3.8) is 0 Å². The molecule has 3 amide bonds. The van der Waals surface area contributed by atoms with Gasteiger partial charge in [0.05, 0.1) is 40.9 Å². The zero-order valence-electron chi connectivity index (χ0n) is 29.1. The minimum absolute atomic E-state index is 0.0413. The van der Waals surface area contributed by atoms with E-state index in [9.17, 15) is 19.2 Å². The van der Waals surface area contributed by atoms with Gasteiger partial charge in [0.2, 0.25) is 17.8 Å². The molecule has 1 unspecified atom stereocenters. The minimum atomic E-state index is -0.474. The Hall–Kier alpha value is -5.77. The van der Waals surface area contributed by atoms with Crippen molar-refractivity contribution >= 4 is 74.4 Å². The Kier molecular flexibility index (Phi) is 9.40. The third-order valence-electron chi connectivity index (χ3n) is 9.33. The maximum atomic E-state index is 13.2. The summed E-state index contributed by atoms with van der Waals surface area (Å²) in [6.45, 7) is 6.10. The van der Waals surface area contributed by atoms with E-state index >= 15 is 0 Å². The number of carbonyl (C=O) groups excluding carboxylic acids is 3. The molecule has 0 bridgehead atoms. The van der Waals surface area contributed by atoms with Crippen LogP contribution in [0.2, 0.25) is 5.02 Å². The summed E-state index contributed by atoms with van der Waals surface area (Å²) in [5.74, 6) is -0.442. The number of piperazine rings is 1. The van der Waals surface area contributed by atoms with Gasteiger partial charge in [0.1, 0.15) is 10.7 Å². The van der Waals surface area contributed by atoms with Crippen LogP contribution in [0.15, 0.2) is 47.5 Å². The fourth-order valence-electron chi connectivity index (χ4n) is 6.76. The molecular formula is C35H38ClN11O5. The Balaban J connectivity index is 1.09. The normalized spacial score (nSPS) is 16.5. The summed E-state index contributed by atoms with van der Waals surface area (Å²) < 4.78 is 8.92. The first-order chi connectivity index (χ1) is 25.0. The van der Waals surface area contributed by atoms with E-state index in [4.69, 9.17) is 26.4 Å². The van der Waals surface area contributed by atoms with Crippen LogP contribution in [0.25, 0.3) is 21.9 Å². The number of benzene rings is 1. The predicted molar refractivity (Wildman–Crippen MR) is 197 cm³/mol. The second kappa shape index (κ2) is 14.1. The number of nitrogens with zero attached hydrogens (tertiary/aromatic N) is 8. The first kappa shape index (κ1) is 34.7. The highest BCUT2D eigenvalue weighted by atomic mass is 35.5. The molecule has 2 aliphatic rings. The first-order valence-corrected chi connectivity index (χ1v) is 17.4. The molecule has 1 atom stereocenters. The van der Waals surface area contributed by atoms with Crippen molar-refractivity contribution in [1.29, 1.82) is 0 Å². The monoisotopic (exact) mass is 727 g/mol. The number of imide groups is 1. The fraction of sp³-hybridized carbons (Fsp3) is 0.371. The number of ether oxygens (including phenoxy) is 1. The number of likely N-dealkylation sites (N-methyl/N-ethyl adjacent to an activating group) is 1. The molecule has 270 valence electrons. The maximum Gasteiger partial charge on any atom is 0.294 e. The summed E-state index contributed by atoms with van der Waals surface area (Å²) in [4.78, 5) is 67.6. The molecule has 0 radical (unpaired) electrons. The van der Waals surface area contributed by atoms with Gasteiger partial charge in [0.15, 0.2) is 18.2 Å². The molecule has 52 heavy (non-hydrogen) atoms. The van der Waals surface area contributed by atoms with E-state index in [-0.39, 0.29) is 41.7 Å². The molecule has 3 N–H and O–H groups in total. The molecule has 4 aromatic heterocycles. The summed E-state index contributed by atoms with van der Waals surface area (Å²) >= 11 is 6.56. The van der Waals surface area contributed by atoms with Crippen molar-refractivity contribution in [1.82, 2.24) is 39.9 Å². The van der Waals surface area contributed by atoms with E-state index in [0.29, 0.717) is 78.2 Å². The van der Waals surface area contributed by atoms with Gasteiger partial charge in [0, 0.05) is 63.5 Å². The summed E-state index contributed by atoms with van der Waals surface area (Å²) in [7, 11) is 3.37. The Bertz CT molecular complexity index is 2280. The third-order valence-corrected chi connectivity index (χ3v) is 9.61. The average molecular weight is 728 g/mol. The van der Waals surface area contributed by atoms with E-state index in [2.05, 4.69) is 41.8 Å². The van der Waals surface area contributed by atoms with Crippen LogP contribution in [-0.2, 0) is 21.4 Å². The molecular weight excluding hydrogens is 690 g/mol. The molecule has 6 heterocycles. The molecule has 2 aliphatic heterocycles. The number of fused-ring (bicyclic) bond motifs is 2. The van der Waals surface area contributed by atoms with E-state index in [1.165, 1.54) is 11.6 Å². The molecule has 2 saturated heterocycles. The number of nitrogens with one attached hydrogen (secondary N) is 3. The van der Waals surface area contributed by atoms with Crippen molar-refractivity contribution < 1.29 is 19.1 Å². The van der Waals surface area contributed by atoms with Crippen LogP contribution in [-0.4, -0.2) is 86.9 Å². The number of aryl methyl sites for hydroxylation is 1. The van der Waals surface area contributed by atoms with E-state index in [1.807, 2.05) is 43.8 Å². The zero-order valence-corrected chi connectivity index (χ0v) is 29.9. The van der Waals surface area contributed by atoms with Gasteiger partial charge in [-0.15, -0.1) is 0 Å². The van der Waals surface area contributed by atoms with Crippen molar-refractivity contribution in [2.75, 3.05) is 55.0 Å². The highest BCUT2D eigenvalue weighted by Crippen LogP contribution is 2.35. The number of carbonyl (C=O) groups is 3. The maximum absolute atomic E-state index is 13.2. The second-order valence-corrected chi connectivity index (χ2v) is 13.4. The second-order valence-electron chi connectivity index (χ2n) is 13.0. The van der Waals surface area contributed by atoms with Gasteiger partial charge in [-0.25, -0.2) is 9.97 Å². The van der Waals surface area contributed by atoms with Gasteiger partial charge in [-0.05, 0) is 38.5 Å². The standard InChI is InChI=1S/C35H38ClN11O5/c1-19(2)47-32-20(15-26(34(47)51)52-18-28(49)37-3)14-21(16-38-32)40-31-24(36)17-39-35(42-31)46-12-10-45(11-13-46)25-7-5-6-22-29(43-44(4)30(22)25)23-8-9-27(48)41-33(23)50/h5-7,14-17,19,23H,8-13,18H2,1-4H3,(H,37,49)(H,39,40,42)(H,41,48,50). The van der Waals surface area contributed by atoms with Crippen LogP contribution in [0.1, 0.15) is 44.3 Å². The fourth-order valence-corrected chi connectivity index (χ4v) is 6.90. The topological polar surface area (TPSA) is 181 Å². The average Bonchev–Trinajstić information content (AvgIpc) is 3.47. The molecule has 16 nitrogen and oxygen atoms in total. The van der Waals surface area contributed by atoms with E-state index in [1.54, 1.807) is 18.5 Å². The SMILES string of the molecule is CNC(=O)COc1cc2cc(Nc3nc(N4CCN(c5cccc6c(C7CCC(=O)NC7=O)nn(C)c56)CC4)ncc3Cl)cnc2n(C(C)C)c1=O. The van der Waals surface area contributed by atoms with Crippen molar-refractivity contribution in [2.24, 2.45) is 7.05 Å². The zero-order chi connectivity index (χ0) is 36.7. The number of pyridine rings is 2. The van der Waals surface area contributed by atoms with Gasteiger partial charge in [-0.2, -0.15) is 10.1 Å². The number of halogens is 1. The van der Waals surface area contributed by atoms with Gasteiger partial charge in [0.25, 0.3) is 11.5 Å². The van der Waals surface area contributed by atoms with Crippen molar-refractivity contribution in [3.05, 3.63) is 63.8 Å². The highest BCUT2D eigenvalue weighted by Gasteiger charge is 2.32.